The van der Waals surface area contributed by atoms with Gasteiger partial charge < -0.3 is 19.6 Å². The maximum Gasteiger partial charge on any atom is 0.339 e. The summed E-state index contributed by atoms with van der Waals surface area (Å²) in [6, 6.07) is 16.4. The first-order chi connectivity index (χ1) is 18.0. The number of benzene rings is 3. The molecule has 12 nitrogen and oxygen atoms in total. The van der Waals surface area contributed by atoms with E-state index in [0.29, 0.717) is 5.69 Å². The Kier molecular flexibility index (Phi) is 8.41. The zero-order chi connectivity index (χ0) is 27.9. The van der Waals surface area contributed by atoms with E-state index in [1.165, 1.54) is 80.8 Å². The number of hydrogen-bond donors (Lipinski definition) is 2. The number of nitro benzene ring substituents is 1. The number of carbonyl (C=O) groups excluding carboxylic acids is 2. The number of nitrogens with zero attached hydrogens (tertiary/aromatic N) is 2. The van der Waals surface area contributed by atoms with Crippen molar-refractivity contribution >= 4 is 45.1 Å². The molecule has 0 atom stereocenters. The molecule has 0 aromatic heterocycles. The molecule has 38 heavy (non-hydrogen) atoms. The summed E-state index contributed by atoms with van der Waals surface area (Å²) in [7, 11) is -3.02. The molecular weight excluding hydrogens is 516 g/mol. The van der Waals surface area contributed by atoms with Gasteiger partial charge in [0, 0.05) is 30.4 Å². The van der Waals surface area contributed by atoms with Gasteiger partial charge in [-0.1, -0.05) is 12.1 Å². The molecule has 3 aromatic carbocycles. The molecule has 0 saturated carbocycles. The van der Waals surface area contributed by atoms with Crippen LogP contribution in [0.5, 0.6) is 11.5 Å². The molecule has 0 spiro atoms. The molecule has 0 unspecified atom stereocenters. The first kappa shape index (κ1) is 27.4. The molecule has 2 N–H and O–H groups in total. The third kappa shape index (κ3) is 6.93. The van der Waals surface area contributed by atoms with Crippen molar-refractivity contribution in [2.75, 3.05) is 17.7 Å². The number of methoxy groups -OCH3 is 1. The molecule has 0 saturated heterocycles. The summed E-state index contributed by atoms with van der Waals surface area (Å²) >= 11 is 0. The molecule has 0 aliphatic rings. The summed E-state index contributed by atoms with van der Waals surface area (Å²) < 4.78 is 36.1. The van der Waals surface area contributed by atoms with E-state index in [0.717, 1.165) is 6.07 Å². The summed E-state index contributed by atoms with van der Waals surface area (Å²) in [5, 5.41) is 25.4. The highest BCUT2D eigenvalue weighted by Crippen LogP contribution is 2.32. The monoisotopic (exact) mass is 536 g/mol. The smallest absolute Gasteiger partial charge is 0.339 e. The van der Waals surface area contributed by atoms with Crippen LogP contribution in [-0.2, 0) is 19.7 Å². The van der Waals surface area contributed by atoms with E-state index in [9.17, 15) is 33.4 Å². The second kappa shape index (κ2) is 11.7. The highest BCUT2D eigenvalue weighted by Gasteiger charge is 2.20. The fourth-order valence-corrected chi connectivity index (χ4v) is 4.07. The minimum atomic E-state index is -4.32. The van der Waals surface area contributed by atoms with Crippen molar-refractivity contribution in [3.05, 3.63) is 88.0 Å². The maximum absolute atomic E-state index is 12.8. The zero-order valence-electron chi connectivity index (χ0n) is 20.0. The molecule has 3 aromatic rings. The number of amides is 2. The van der Waals surface area contributed by atoms with Crippen molar-refractivity contribution in [2.45, 2.75) is 11.8 Å². The predicted octanol–water partition coefficient (Wildman–Crippen LogP) is 3.88. The van der Waals surface area contributed by atoms with Crippen LogP contribution in [-0.4, -0.2) is 32.3 Å². The van der Waals surface area contributed by atoms with Crippen LogP contribution >= 0.6 is 0 Å². The Morgan fingerprint density at radius 1 is 1.00 bits per heavy atom. The molecule has 0 fully saturated rings. The van der Waals surface area contributed by atoms with Gasteiger partial charge >= 0.3 is 10.1 Å². The number of non-ortho nitro benzene ring substituents is 1. The Hall–Kier alpha value is -5.22. The van der Waals surface area contributed by atoms with Gasteiger partial charge in [0.1, 0.15) is 16.5 Å². The fraction of sp³-hybridized carbons (Fsp3) is 0.0800. The lowest BCUT2D eigenvalue weighted by atomic mass is 10.1. The highest BCUT2D eigenvalue weighted by atomic mass is 32.2. The average molecular weight is 537 g/mol. The largest absolute Gasteiger partial charge is 0.493 e. The van der Waals surface area contributed by atoms with Crippen molar-refractivity contribution in [3.63, 3.8) is 0 Å². The van der Waals surface area contributed by atoms with Gasteiger partial charge in [0.15, 0.2) is 11.5 Å². The minimum Gasteiger partial charge on any atom is -0.493 e. The summed E-state index contributed by atoms with van der Waals surface area (Å²) in [4.78, 5) is 33.9. The Morgan fingerprint density at radius 2 is 1.71 bits per heavy atom. The molecule has 2 amide bonds. The molecule has 13 heteroatoms. The van der Waals surface area contributed by atoms with Crippen LogP contribution in [0.3, 0.4) is 0 Å². The average Bonchev–Trinajstić information content (AvgIpc) is 2.87. The second-order valence-corrected chi connectivity index (χ2v) is 9.13. The Morgan fingerprint density at radius 3 is 2.32 bits per heavy atom. The van der Waals surface area contributed by atoms with Crippen LogP contribution in [0, 0.1) is 21.4 Å². The molecule has 0 radical (unpaired) electrons. The Balaban J connectivity index is 1.86. The number of ether oxygens (including phenoxy) is 1. The summed E-state index contributed by atoms with van der Waals surface area (Å²) in [6.07, 6.45) is 1.19. The van der Waals surface area contributed by atoms with Gasteiger partial charge in [-0.05, 0) is 54.1 Å². The lowest BCUT2D eigenvalue weighted by molar-refractivity contribution is -0.384. The molecule has 0 aliphatic carbocycles. The normalized spacial score (nSPS) is 11.1. The predicted molar refractivity (Wildman–Crippen MR) is 137 cm³/mol. The number of nitro groups is 1. The van der Waals surface area contributed by atoms with E-state index in [1.54, 1.807) is 6.07 Å². The van der Waals surface area contributed by atoms with Crippen LogP contribution in [0.1, 0.15) is 12.5 Å². The number of anilines is 2. The van der Waals surface area contributed by atoms with Gasteiger partial charge in [0.25, 0.3) is 11.6 Å². The quantitative estimate of drug-likeness (QED) is 0.135. The zero-order valence-corrected chi connectivity index (χ0v) is 20.8. The van der Waals surface area contributed by atoms with Crippen LogP contribution in [0.15, 0.2) is 77.2 Å². The van der Waals surface area contributed by atoms with Crippen molar-refractivity contribution in [3.8, 4) is 17.6 Å². The van der Waals surface area contributed by atoms with Crippen molar-refractivity contribution in [2.24, 2.45) is 0 Å². The maximum atomic E-state index is 12.8. The standard InChI is InChI=1S/C25H20N4O8S/c1-16(30)27-19-7-9-22(10-8-19)38(34,35)37-24-13-17(6-11-23(24)36-2)12-18(15-26)25(31)28-20-4-3-5-21(14-20)29(32)33/h3-14H,1-2H3,(H,27,30)(H,28,31)/b18-12+. The molecule has 0 bridgehead atoms. The summed E-state index contributed by atoms with van der Waals surface area (Å²) in [6.45, 7) is 1.32. The number of nitriles is 1. The molecule has 3 rings (SSSR count). The van der Waals surface area contributed by atoms with Crippen molar-refractivity contribution in [1.29, 1.82) is 5.26 Å². The van der Waals surface area contributed by atoms with Gasteiger partial charge in [-0.25, -0.2) is 0 Å². The summed E-state index contributed by atoms with van der Waals surface area (Å²) in [5.74, 6) is -1.29. The van der Waals surface area contributed by atoms with Crippen LogP contribution < -0.4 is 19.6 Å². The highest BCUT2D eigenvalue weighted by molar-refractivity contribution is 7.87. The third-order valence-electron chi connectivity index (χ3n) is 4.84. The Labute approximate surface area is 217 Å². The van der Waals surface area contributed by atoms with Crippen molar-refractivity contribution < 1.29 is 31.9 Å². The van der Waals surface area contributed by atoms with Crippen molar-refractivity contribution in [1.82, 2.24) is 0 Å². The molecular formula is C25H20N4O8S. The molecule has 194 valence electrons. The van der Waals surface area contributed by atoms with E-state index < -0.39 is 20.9 Å². The van der Waals surface area contributed by atoms with E-state index in [1.807, 2.05) is 0 Å². The van der Waals surface area contributed by atoms with Crippen LogP contribution in [0.2, 0.25) is 0 Å². The molecule has 0 heterocycles. The third-order valence-corrected chi connectivity index (χ3v) is 6.09. The van der Waals surface area contributed by atoms with Gasteiger partial charge in [0.05, 0.1) is 12.0 Å². The number of carbonyl (C=O) groups is 2. The summed E-state index contributed by atoms with van der Waals surface area (Å²) in [5.41, 5.74) is 0.147. The first-order valence-corrected chi connectivity index (χ1v) is 12.1. The first-order valence-electron chi connectivity index (χ1n) is 10.7. The lowest BCUT2D eigenvalue weighted by Crippen LogP contribution is -2.13. The second-order valence-electron chi connectivity index (χ2n) is 7.58. The van der Waals surface area contributed by atoms with E-state index >= 15 is 0 Å². The van der Waals surface area contributed by atoms with E-state index in [2.05, 4.69) is 10.6 Å². The Bertz CT molecular complexity index is 1580. The van der Waals surface area contributed by atoms with Gasteiger partial charge in [0.2, 0.25) is 5.91 Å². The van der Waals surface area contributed by atoms with Gasteiger partial charge in [-0.3, -0.25) is 19.7 Å². The number of rotatable bonds is 9. The topological polar surface area (TPSA) is 178 Å². The van der Waals surface area contributed by atoms with E-state index in [-0.39, 0.29) is 44.8 Å². The lowest BCUT2D eigenvalue weighted by Gasteiger charge is -2.12. The SMILES string of the molecule is COc1ccc(/C=C(\C#N)C(=O)Nc2cccc([N+](=O)[O-])c2)cc1OS(=O)(=O)c1ccc(NC(C)=O)cc1. The molecule has 0 aliphatic heterocycles. The minimum absolute atomic E-state index is 0.0696. The fourth-order valence-electron chi connectivity index (χ4n) is 3.13. The van der Waals surface area contributed by atoms with Gasteiger partial charge in [-0.2, -0.15) is 13.7 Å². The van der Waals surface area contributed by atoms with E-state index in [4.69, 9.17) is 8.92 Å². The van der Waals surface area contributed by atoms with Gasteiger partial charge in [-0.15, -0.1) is 0 Å². The number of nitrogens with one attached hydrogen (secondary N) is 2. The van der Waals surface area contributed by atoms with Crippen LogP contribution in [0.4, 0.5) is 17.1 Å². The number of hydrogen-bond acceptors (Lipinski definition) is 9. The van der Waals surface area contributed by atoms with Crippen LogP contribution in [0.25, 0.3) is 6.08 Å².